The van der Waals surface area contributed by atoms with Gasteiger partial charge in [0.2, 0.25) is 5.91 Å². The first-order valence-electron chi connectivity index (χ1n) is 7.22. The van der Waals surface area contributed by atoms with Gasteiger partial charge in [0.15, 0.2) is 11.5 Å². The summed E-state index contributed by atoms with van der Waals surface area (Å²) in [6, 6.07) is 4.92. The van der Waals surface area contributed by atoms with Gasteiger partial charge in [0.25, 0.3) is 0 Å². The third-order valence-corrected chi connectivity index (χ3v) is 4.14. The molecule has 0 radical (unpaired) electrons. The number of carbonyl (C=O) groups excluding carboxylic acids is 1. The Morgan fingerprint density at radius 1 is 1.48 bits per heavy atom. The number of methoxy groups -OCH3 is 1. The lowest BCUT2D eigenvalue weighted by Crippen LogP contribution is -2.56. The quantitative estimate of drug-likeness (QED) is 0.647. The molecule has 23 heavy (non-hydrogen) atoms. The first-order valence-corrected chi connectivity index (χ1v) is 9.36. The van der Waals surface area contributed by atoms with Gasteiger partial charge >= 0.3 is 0 Å². The van der Waals surface area contributed by atoms with Crippen LogP contribution in [0.15, 0.2) is 18.2 Å². The SMILES string of the molecule is C=S(C)(=O)NC(C)(C)C(=O)NC(C)Cc1ccc(O)c(OC)c1. The van der Waals surface area contributed by atoms with Gasteiger partial charge in [-0.15, -0.1) is 0 Å². The normalized spacial score (nSPS) is 15.5. The zero-order valence-electron chi connectivity index (χ0n) is 14.3. The number of ether oxygens (including phenoxy) is 1. The number of benzene rings is 1. The highest BCUT2D eigenvalue weighted by Crippen LogP contribution is 2.26. The predicted molar refractivity (Wildman–Crippen MR) is 94.4 cm³/mol. The maximum absolute atomic E-state index is 12.3. The van der Waals surface area contributed by atoms with Crippen LogP contribution in [0.3, 0.4) is 0 Å². The van der Waals surface area contributed by atoms with Gasteiger partial charge in [0.05, 0.1) is 7.11 Å². The van der Waals surface area contributed by atoms with Gasteiger partial charge in [-0.3, -0.25) is 9.00 Å². The molecule has 130 valence electrons. The standard InChI is InChI=1S/C16H26N2O4S/c1-11(9-12-7-8-13(19)14(10-12)22-4)17-15(20)16(2,3)18-23(5,6)21/h7-8,10-11,19H,5,9H2,1-4,6H3,(H,17,20)(H,18,21). The van der Waals surface area contributed by atoms with Crippen LogP contribution in [0.2, 0.25) is 0 Å². The minimum atomic E-state index is -2.49. The molecule has 0 aliphatic carbocycles. The van der Waals surface area contributed by atoms with E-state index in [9.17, 15) is 14.1 Å². The van der Waals surface area contributed by atoms with Crippen LogP contribution in [-0.4, -0.2) is 46.0 Å². The van der Waals surface area contributed by atoms with E-state index in [1.807, 2.05) is 6.92 Å². The van der Waals surface area contributed by atoms with Crippen molar-refractivity contribution in [3.05, 3.63) is 23.8 Å². The van der Waals surface area contributed by atoms with E-state index in [4.69, 9.17) is 4.74 Å². The second kappa shape index (κ2) is 7.23. The number of aromatic hydroxyl groups is 1. The van der Waals surface area contributed by atoms with E-state index in [0.717, 1.165) is 5.56 Å². The molecule has 0 aliphatic heterocycles. The van der Waals surface area contributed by atoms with Gasteiger partial charge in [0, 0.05) is 22.0 Å². The van der Waals surface area contributed by atoms with Crippen LogP contribution in [0, 0.1) is 0 Å². The molecular weight excluding hydrogens is 316 g/mol. The third-order valence-electron chi connectivity index (χ3n) is 3.20. The summed E-state index contributed by atoms with van der Waals surface area (Å²) in [6.07, 6.45) is 2.03. The van der Waals surface area contributed by atoms with Gasteiger partial charge in [0.1, 0.15) is 5.54 Å². The summed E-state index contributed by atoms with van der Waals surface area (Å²) in [7, 11) is -1.01. The Bertz CT molecular complexity index is 669. The Balaban J connectivity index is 2.72. The van der Waals surface area contributed by atoms with E-state index in [0.29, 0.717) is 12.2 Å². The monoisotopic (exact) mass is 342 g/mol. The molecule has 0 fully saturated rings. The molecule has 1 aromatic rings. The molecule has 2 unspecified atom stereocenters. The lowest BCUT2D eigenvalue weighted by molar-refractivity contribution is -0.126. The van der Waals surface area contributed by atoms with Crippen LogP contribution in [-0.2, 0) is 20.9 Å². The molecule has 1 amide bonds. The molecule has 1 aromatic carbocycles. The van der Waals surface area contributed by atoms with Crippen molar-refractivity contribution in [2.24, 2.45) is 0 Å². The van der Waals surface area contributed by atoms with E-state index in [-0.39, 0.29) is 17.7 Å². The molecule has 0 saturated carbocycles. The van der Waals surface area contributed by atoms with Crippen molar-refractivity contribution in [2.75, 3.05) is 13.4 Å². The summed E-state index contributed by atoms with van der Waals surface area (Å²) < 4.78 is 19.6. The van der Waals surface area contributed by atoms with E-state index in [1.165, 1.54) is 13.4 Å². The molecule has 0 aliphatic rings. The number of phenols is 1. The Kier molecular flexibility index (Phi) is 6.07. The van der Waals surface area contributed by atoms with Crippen molar-refractivity contribution < 1.29 is 18.8 Å². The molecule has 3 N–H and O–H groups in total. The fourth-order valence-electron chi connectivity index (χ4n) is 2.24. The minimum absolute atomic E-state index is 0.0754. The van der Waals surface area contributed by atoms with Crippen LogP contribution in [0.5, 0.6) is 11.5 Å². The fourth-order valence-corrected chi connectivity index (χ4v) is 3.42. The summed E-state index contributed by atoms with van der Waals surface area (Å²) in [5.41, 5.74) is -0.0660. The smallest absolute Gasteiger partial charge is 0.240 e. The first kappa shape index (κ1) is 19.3. The zero-order valence-corrected chi connectivity index (χ0v) is 15.1. The number of amides is 1. The number of carbonyl (C=O) groups is 1. The maximum atomic E-state index is 12.3. The Morgan fingerprint density at radius 2 is 2.09 bits per heavy atom. The molecule has 7 heteroatoms. The third kappa shape index (κ3) is 6.11. The van der Waals surface area contributed by atoms with Crippen molar-refractivity contribution in [1.82, 2.24) is 10.0 Å². The van der Waals surface area contributed by atoms with Crippen molar-refractivity contribution >= 4 is 21.5 Å². The zero-order chi connectivity index (χ0) is 17.8. The summed E-state index contributed by atoms with van der Waals surface area (Å²) in [5.74, 6) is 3.73. The average Bonchev–Trinajstić information content (AvgIpc) is 2.38. The van der Waals surface area contributed by atoms with Crippen LogP contribution in [0.4, 0.5) is 0 Å². The molecule has 2 atom stereocenters. The molecule has 0 bridgehead atoms. The van der Waals surface area contributed by atoms with Crippen molar-refractivity contribution in [2.45, 2.75) is 38.8 Å². The van der Waals surface area contributed by atoms with Crippen LogP contribution in [0.25, 0.3) is 0 Å². The number of nitrogens with one attached hydrogen (secondary N) is 2. The highest BCUT2D eigenvalue weighted by Gasteiger charge is 2.29. The molecular formula is C16H26N2O4S. The van der Waals surface area contributed by atoms with Gasteiger partial charge in [-0.1, -0.05) is 6.07 Å². The van der Waals surface area contributed by atoms with Gasteiger partial charge < -0.3 is 15.2 Å². The first-order chi connectivity index (χ1) is 10.4. The number of rotatable bonds is 7. The molecule has 0 spiro atoms. The van der Waals surface area contributed by atoms with Crippen molar-refractivity contribution in [3.8, 4) is 11.5 Å². The largest absolute Gasteiger partial charge is 0.504 e. The van der Waals surface area contributed by atoms with E-state index in [1.54, 1.807) is 32.0 Å². The highest BCUT2D eigenvalue weighted by atomic mass is 32.2. The molecule has 0 aromatic heterocycles. The molecule has 6 nitrogen and oxygen atoms in total. The summed E-state index contributed by atoms with van der Waals surface area (Å²) in [5, 5.41) is 12.5. The lowest BCUT2D eigenvalue weighted by Gasteiger charge is -2.27. The van der Waals surface area contributed by atoms with Crippen molar-refractivity contribution in [1.29, 1.82) is 0 Å². The number of hydrogen-bond acceptors (Lipinski definition) is 4. The second-order valence-electron chi connectivity index (χ2n) is 6.32. The van der Waals surface area contributed by atoms with Crippen molar-refractivity contribution in [3.63, 3.8) is 0 Å². The van der Waals surface area contributed by atoms with Crippen LogP contribution in [0.1, 0.15) is 26.3 Å². The van der Waals surface area contributed by atoms with E-state index >= 15 is 0 Å². The van der Waals surface area contributed by atoms with Crippen LogP contribution < -0.4 is 14.8 Å². The predicted octanol–water partition coefficient (Wildman–Crippen LogP) is 1.08. The maximum Gasteiger partial charge on any atom is 0.240 e. The average molecular weight is 342 g/mol. The second-order valence-corrected chi connectivity index (χ2v) is 8.53. The van der Waals surface area contributed by atoms with E-state index < -0.39 is 15.2 Å². The molecule has 0 saturated heterocycles. The molecule has 0 heterocycles. The van der Waals surface area contributed by atoms with E-state index in [2.05, 4.69) is 15.9 Å². The summed E-state index contributed by atoms with van der Waals surface area (Å²) >= 11 is 0. The van der Waals surface area contributed by atoms with Gasteiger partial charge in [-0.25, -0.2) is 4.72 Å². The number of phenolic OH excluding ortho intramolecular Hbond substituents is 1. The van der Waals surface area contributed by atoms with Crippen LogP contribution >= 0.6 is 0 Å². The minimum Gasteiger partial charge on any atom is -0.504 e. The topological polar surface area (TPSA) is 87.7 Å². The number of hydrogen-bond donors (Lipinski definition) is 3. The van der Waals surface area contributed by atoms with Gasteiger partial charge in [-0.2, -0.15) is 0 Å². The summed E-state index contributed by atoms with van der Waals surface area (Å²) in [4.78, 5) is 12.3. The fraction of sp³-hybridized carbons (Fsp3) is 0.500. The summed E-state index contributed by atoms with van der Waals surface area (Å²) in [6.45, 7) is 5.20. The lowest BCUT2D eigenvalue weighted by atomic mass is 10.0. The Hall–Kier alpha value is -1.73. The highest BCUT2D eigenvalue weighted by molar-refractivity contribution is 7.97. The Labute approximate surface area is 138 Å². The Morgan fingerprint density at radius 3 is 2.61 bits per heavy atom. The van der Waals surface area contributed by atoms with Gasteiger partial charge in [-0.05, 0) is 50.8 Å². The molecule has 1 rings (SSSR count).